The highest BCUT2D eigenvalue weighted by molar-refractivity contribution is 7.87. The largest absolute Gasteiger partial charge is 0.313 e. The minimum atomic E-state index is -4.00. The van der Waals surface area contributed by atoms with Gasteiger partial charge in [0.25, 0.3) is 0 Å². The second-order valence-corrected chi connectivity index (χ2v) is 3.86. The van der Waals surface area contributed by atoms with Crippen LogP contribution in [0.2, 0.25) is 0 Å². The third-order valence-electron chi connectivity index (χ3n) is 1.17. The van der Waals surface area contributed by atoms with E-state index in [-0.39, 0.29) is 4.90 Å². The molecular formula is C6H4ClFO3S. The molecule has 1 aromatic rings. The van der Waals surface area contributed by atoms with E-state index in [1.165, 1.54) is 12.1 Å². The van der Waals surface area contributed by atoms with Gasteiger partial charge in [0.05, 0.1) is 16.8 Å². The number of rotatable bonds is 2. The monoisotopic (exact) mass is 210 g/mol. The van der Waals surface area contributed by atoms with Crippen LogP contribution in [0.5, 0.6) is 0 Å². The van der Waals surface area contributed by atoms with Crippen molar-refractivity contribution in [1.29, 1.82) is 0 Å². The van der Waals surface area contributed by atoms with Crippen molar-refractivity contribution in [2.45, 2.75) is 4.90 Å². The van der Waals surface area contributed by atoms with Crippen molar-refractivity contribution < 1.29 is 16.5 Å². The SMILES string of the molecule is O=S(=O)(OCl)c1cccc(F)c1. The molecule has 0 spiro atoms. The van der Waals surface area contributed by atoms with Gasteiger partial charge >= 0.3 is 10.1 Å². The third-order valence-corrected chi connectivity index (χ3v) is 2.66. The van der Waals surface area contributed by atoms with E-state index in [1.807, 2.05) is 0 Å². The van der Waals surface area contributed by atoms with Gasteiger partial charge in [0.2, 0.25) is 0 Å². The lowest BCUT2D eigenvalue weighted by atomic mass is 10.4. The van der Waals surface area contributed by atoms with Gasteiger partial charge in [-0.2, -0.15) is 12.2 Å². The fourth-order valence-corrected chi connectivity index (χ4v) is 1.45. The van der Waals surface area contributed by atoms with Crippen LogP contribution in [0.15, 0.2) is 29.2 Å². The van der Waals surface area contributed by atoms with Gasteiger partial charge in [-0.05, 0) is 18.2 Å². The lowest BCUT2D eigenvalue weighted by Crippen LogP contribution is -1.99. The molecule has 0 unspecified atom stereocenters. The molecule has 0 fully saturated rings. The maximum atomic E-state index is 12.5. The van der Waals surface area contributed by atoms with Crippen LogP contribution in [-0.2, 0) is 13.9 Å². The van der Waals surface area contributed by atoms with Crippen molar-refractivity contribution in [1.82, 2.24) is 0 Å². The van der Waals surface area contributed by atoms with Crippen LogP contribution in [-0.4, -0.2) is 8.42 Å². The molecule has 1 aromatic carbocycles. The molecule has 0 aromatic heterocycles. The molecule has 6 heteroatoms. The Morgan fingerprint density at radius 3 is 2.58 bits per heavy atom. The third kappa shape index (κ3) is 1.94. The molecule has 0 aliphatic rings. The fraction of sp³-hybridized carbons (Fsp3) is 0. The van der Waals surface area contributed by atoms with Crippen molar-refractivity contribution in [3.8, 4) is 0 Å². The van der Waals surface area contributed by atoms with Crippen LogP contribution in [0, 0.1) is 5.82 Å². The molecule has 0 aliphatic heterocycles. The van der Waals surface area contributed by atoms with E-state index in [9.17, 15) is 12.8 Å². The Hall–Kier alpha value is -0.650. The number of benzene rings is 1. The van der Waals surface area contributed by atoms with Crippen LogP contribution in [0.3, 0.4) is 0 Å². The highest BCUT2D eigenvalue weighted by atomic mass is 35.5. The van der Waals surface area contributed by atoms with Crippen molar-refractivity contribution in [2.75, 3.05) is 0 Å². The van der Waals surface area contributed by atoms with E-state index < -0.39 is 15.9 Å². The number of hydrogen-bond acceptors (Lipinski definition) is 3. The van der Waals surface area contributed by atoms with Crippen molar-refractivity contribution in [3.05, 3.63) is 30.1 Å². The minimum absolute atomic E-state index is 0.308. The van der Waals surface area contributed by atoms with E-state index >= 15 is 0 Å². The van der Waals surface area contributed by atoms with Gasteiger partial charge in [0.15, 0.2) is 0 Å². The summed E-state index contributed by atoms with van der Waals surface area (Å²) in [6.07, 6.45) is 0. The molecule has 0 atom stereocenters. The van der Waals surface area contributed by atoms with Crippen molar-refractivity contribution in [2.24, 2.45) is 0 Å². The van der Waals surface area contributed by atoms with Gasteiger partial charge in [-0.3, -0.25) is 0 Å². The normalized spacial score (nSPS) is 11.5. The zero-order chi connectivity index (χ0) is 9.19. The molecule has 0 bridgehead atoms. The lowest BCUT2D eigenvalue weighted by Gasteiger charge is -1.97. The van der Waals surface area contributed by atoms with Crippen LogP contribution in [0.25, 0.3) is 0 Å². The summed E-state index contributed by atoms with van der Waals surface area (Å²) in [5, 5.41) is 0. The molecule has 0 aliphatic carbocycles. The molecule has 66 valence electrons. The summed E-state index contributed by atoms with van der Waals surface area (Å²) in [7, 11) is -4.00. The van der Waals surface area contributed by atoms with Gasteiger partial charge < -0.3 is 0 Å². The van der Waals surface area contributed by atoms with Gasteiger partial charge in [0, 0.05) is 0 Å². The summed E-state index contributed by atoms with van der Waals surface area (Å²) in [5.74, 6) is -0.662. The van der Waals surface area contributed by atoms with E-state index in [0.717, 1.165) is 12.1 Å². The highest BCUT2D eigenvalue weighted by Gasteiger charge is 2.14. The lowest BCUT2D eigenvalue weighted by molar-refractivity contribution is 0.507. The summed E-state index contributed by atoms with van der Waals surface area (Å²) in [6, 6.07) is 4.36. The highest BCUT2D eigenvalue weighted by Crippen LogP contribution is 2.14. The van der Waals surface area contributed by atoms with Gasteiger partial charge in [-0.15, -0.1) is 0 Å². The molecule has 0 amide bonds. The maximum Gasteiger partial charge on any atom is 0.313 e. The smallest absolute Gasteiger partial charge is 0.207 e. The topological polar surface area (TPSA) is 43.4 Å². The van der Waals surface area contributed by atoms with Crippen LogP contribution in [0.4, 0.5) is 4.39 Å². The maximum absolute atomic E-state index is 12.5. The summed E-state index contributed by atoms with van der Waals surface area (Å²) in [6.45, 7) is 0. The first-order valence-corrected chi connectivity index (χ1v) is 4.59. The Kier molecular flexibility index (Phi) is 2.66. The predicted molar refractivity (Wildman–Crippen MR) is 40.5 cm³/mol. The van der Waals surface area contributed by atoms with E-state index in [4.69, 9.17) is 0 Å². The van der Waals surface area contributed by atoms with Crippen LogP contribution >= 0.6 is 11.9 Å². The number of hydrogen-bond donors (Lipinski definition) is 0. The summed E-state index contributed by atoms with van der Waals surface area (Å²) >= 11 is 4.67. The molecule has 0 N–H and O–H groups in total. The second-order valence-electron chi connectivity index (χ2n) is 1.97. The zero-order valence-electron chi connectivity index (χ0n) is 5.70. The molecule has 0 saturated carbocycles. The summed E-state index contributed by atoms with van der Waals surface area (Å²) in [5.41, 5.74) is 0. The van der Waals surface area contributed by atoms with Crippen LogP contribution < -0.4 is 0 Å². The standard InChI is InChI=1S/C6H4ClFO3S/c7-11-12(9,10)6-3-1-2-5(8)4-6/h1-4H. The Bertz CT molecular complexity index is 376. The molecule has 0 saturated heterocycles. The first-order chi connectivity index (χ1) is 5.56. The Morgan fingerprint density at radius 1 is 1.42 bits per heavy atom. The second kappa shape index (κ2) is 3.38. The molecule has 0 heterocycles. The number of halogens is 2. The average molecular weight is 211 g/mol. The van der Waals surface area contributed by atoms with Gasteiger partial charge in [-0.25, -0.2) is 4.39 Å². The quantitative estimate of drug-likeness (QED) is 0.746. The molecule has 12 heavy (non-hydrogen) atoms. The Labute approximate surface area is 74.0 Å². The molecule has 1 rings (SSSR count). The summed E-state index contributed by atoms with van der Waals surface area (Å²) in [4.78, 5) is -0.308. The van der Waals surface area contributed by atoms with E-state index in [0.29, 0.717) is 0 Å². The summed E-state index contributed by atoms with van der Waals surface area (Å²) < 4.78 is 37.8. The fourth-order valence-electron chi connectivity index (χ4n) is 0.659. The van der Waals surface area contributed by atoms with E-state index in [2.05, 4.69) is 15.6 Å². The average Bonchev–Trinajstić information content (AvgIpc) is 2.05. The Morgan fingerprint density at radius 2 is 2.08 bits per heavy atom. The molecule has 0 radical (unpaired) electrons. The minimum Gasteiger partial charge on any atom is -0.207 e. The molecule has 3 nitrogen and oxygen atoms in total. The first kappa shape index (κ1) is 9.44. The predicted octanol–water partition coefficient (Wildman–Crippen LogP) is 1.68. The Balaban J connectivity index is 3.21. The zero-order valence-corrected chi connectivity index (χ0v) is 7.27. The van der Waals surface area contributed by atoms with Crippen LogP contribution in [0.1, 0.15) is 0 Å². The van der Waals surface area contributed by atoms with Gasteiger partial charge in [0.1, 0.15) is 5.82 Å². The van der Waals surface area contributed by atoms with Crippen molar-refractivity contribution >= 4 is 22.0 Å². The molecular weight excluding hydrogens is 207 g/mol. The van der Waals surface area contributed by atoms with E-state index in [1.54, 1.807) is 0 Å². The first-order valence-electron chi connectivity index (χ1n) is 2.87. The van der Waals surface area contributed by atoms with Gasteiger partial charge in [-0.1, -0.05) is 6.07 Å². The van der Waals surface area contributed by atoms with Crippen molar-refractivity contribution in [3.63, 3.8) is 0 Å².